The number of benzene rings is 7. The van der Waals surface area contributed by atoms with Gasteiger partial charge in [-0.1, -0.05) is 93.6 Å². The van der Waals surface area contributed by atoms with E-state index in [1.165, 1.54) is 66.0 Å². The summed E-state index contributed by atoms with van der Waals surface area (Å²) in [6.07, 6.45) is 1.03. The van der Waals surface area contributed by atoms with Crippen molar-refractivity contribution in [2.24, 2.45) is 5.41 Å². The zero-order valence-corrected chi connectivity index (χ0v) is 28.4. The summed E-state index contributed by atoms with van der Waals surface area (Å²) >= 11 is 0. The molecule has 0 radical (unpaired) electrons. The maximum absolute atomic E-state index is 6.41. The van der Waals surface area contributed by atoms with Crippen molar-refractivity contribution in [2.45, 2.75) is 27.2 Å². The normalized spacial score (nSPS) is 12.4. The lowest BCUT2D eigenvalue weighted by molar-refractivity contribution is 0.411. The third-order valence-electron chi connectivity index (χ3n) is 10.2. The molecule has 0 atom stereocenters. The fourth-order valence-electron chi connectivity index (χ4n) is 8.11. The average Bonchev–Trinajstić information content (AvgIpc) is 3.78. The fraction of sp³-hybridized carbons (Fsp3) is 0.106. The summed E-state index contributed by atoms with van der Waals surface area (Å²) in [5.74, 6) is 0. The third kappa shape index (κ3) is 4.50. The molecule has 240 valence electrons. The molecule has 0 N–H and O–H groups in total. The van der Waals surface area contributed by atoms with Gasteiger partial charge in [-0.05, 0) is 107 Å². The first kappa shape index (κ1) is 28.9. The Morgan fingerprint density at radius 2 is 0.940 bits per heavy atom. The highest BCUT2D eigenvalue weighted by atomic mass is 16.3. The smallest absolute Gasteiger partial charge is 0.135 e. The van der Waals surface area contributed by atoms with E-state index < -0.39 is 0 Å². The molecule has 0 bridgehead atoms. The zero-order chi connectivity index (χ0) is 33.6. The van der Waals surface area contributed by atoms with E-state index >= 15 is 0 Å². The van der Waals surface area contributed by atoms with Crippen LogP contribution in [0.15, 0.2) is 156 Å². The van der Waals surface area contributed by atoms with Crippen molar-refractivity contribution in [1.29, 1.82) is 0 Å². The van der Waals surface area contributed by atoms with Gasteiger partial charge in [0.15, 0.2) is 0 Å². The second-order valence-electron chi connectivity index (χ2n) is 14.9. The molecule has 0 saturated heterocycles. The Balaban J connectivity index is 1.15. The molecule has 3 aromatic heterocycles. The van der Waals surface area contributed by atoms with Crippen molar-refractivity contribution in [3.63, 3.8) is 0 Å². The molecule has 7 aromatic carbocycles. The summed E-state index contributed by atoms with van der Waals surface area (Å²) in [7, 11) is 0. The van der Waals surface area contributed by atoms with E-state index in [9.17, 15) is 0 Å². The molecule has 10 aromatic rings. The van der Waals surface area contributed by atoms with Crippen LogP contribution in [0.3, 0.4) is 0 Å². The van der Waals surface area contributed by atoms with Gasteiger partial charge in [0.25, 0.3) is 0 Å². The van der Waals surface area contributed by atoms with Crippen LogP contribution in [0.5, 0.6) is 0 Å². The molecule has 3 heteroatoms. The molecule has 0 aliphatic carbocycles. The molecule has 3 nitrogen and oxygen atoms in total. The molecule has 0 amide bonds. The Labute approximate surface area is 290 Å². The molecule has 0 spiro atoms. The van der Waals surface area contributed by atoms with Crippen molar-refractivity contribution in [1.82, 2.24) is 9.13 Å². The van der Waals surface area contributed by atoms with Gasteiger partial charge in [-0.25, -0.2) is 0 Å². The van der Waals surface area contributed by atoms with Crippen LogP contribution in [0.25, 0.3) is 88.1 Å². The van der Waals surface area contributed by atoms with Crippen molar-refractivity contribution in [3.05, 3.63) is 157 Å². The summed E-state index contributed by atoms with van der Waals surface area (Å²) < 4.78 is 11.2. The minimum absolute atomic E-state index is 0.209. The number of hydrogen-bond acceptors (Lipinski definition) is 1. The van der Waals surface area contributed by atoms with Gasteiger partial charge in [-0.3, -0.25) is 0 Å². The molecule has 0 aliphatic rings. The van der Waals surface area contributed by atoms with Gasteiger partial charge in [-0.15, -0.1) is 0 Å². The standard InChI is InChI=1S/C47H36N2O/c1-47(2,3)29-30-17-21-43-37(25-30)38-26-31(18-22-44(38)48(43)33-11-5-4-6-12-33)32-19-23-45-39(27-32)40-28-34(20-24-46(40)50-45)49-41-15-9-7-13-35(41)36-14-8-10-16-42(36)49/h4-28H,29H2,1-3H3. The van der Waals surface area contributed by atoms with E-state index in [4.69, 9.17) is 4.42 Å². The summed E-state index contributed by atoms with van der Waals surface area (Å²) in [4.78, 5) is 0. The molecule has 0 saturated carbocycles. The first-order valence-electron chi connectivity index (χ1n) is 17.5. The van der Waals surface area contributed by atoms with E-state index in [2.05, 4.69) is 182 Å². The molecule has 0 aliphatic heterocycles. The number of aromatic nitrogens is 2. The summed E-state index contributed by atoms with van der Waals surface area (Å²) in [5, 5.41) is 7.32. The second kappa shape index (κ2) is 10.7. The second-order valence-corrected chi connectivity index (χ2v) is 14.9. The molecule has 50 heavy (non-hydrogen) atoms. The predicted molar refractivity (Wildman–Crippen MR) is 211 cm³/mol. The van der Waals surface area contributed by atoms with E-state index in [-0.39, 0.29) is 5.41 Å². The number of fused-ring (bicyclic) bond motifs is 9. The minimum atomic E-state index is 0.209. The lowest BCUT2D eigenvalue weighted by Gasteiger charge is -2.18. The number of nitrogens with zero attached hydrogens (tertiary/aromatic N) is 2. The van der Waals surface area contributed by atoms with Gasteiger partial charge in [-0.2, -0.15) is 0 Å². The van der Waals surface area contributed by atoms with Crippen LogP contribution in [0.1, 0.15) is 26.3 Å². The quantitative estimate of drug-likeness (QED) is 0.187. The Kier molecular flexibility index (Phi) is 6.20. The van der Waals surface area contributed by atoms with Crippen molar-refractivity contribution < 1.29 is 4.42 Å². The predicted octanol–water partition coefficient (Wildman–Crippen LogP) is 13.0. The van der Waals surface area contributed by atoms with Crippen LogP contribution < -0.4 is 0 Å². The van der Waals surface area contributed by atoms with Crippen molar-refractivity contribution in [2.75, 3.05) is 0 Å². The summed E-state index contributed by atoms with van der Waals surface area (Å²) in [6, 6.07) is 55.2. The maximum atomic E-state index is 6.41. The Morgan fingerprint density at radius 3 is 1.64 bits per heavy atom. The highest BCUT2D eigenvalue weighted by Crippen LogP contribution is 2.39. The Hall–Kier alpha value is -6.06. The van der Waals surface area contributed by atoms with Crippen LogP contribution in [-0.4, -0.2) is 9.13 Å². The Morgan fingerprint density at radius 1 is 0.420 bits per heavy atom. The SMILES string of the molecule is CC(C)(C)Cc1ccc2c(c1)c1cc(-c3ccc4oc5ccc(-n6c7ccccc7c7ccccc76)cc5c4c3)ccc1n2-c1ccccc1. The van der Waals surface area contributed by atoms with Crippen molar-refractivity contribution >= 4 is 65.6 Å². The highest BCUT2D eigenvalue weighted by molar-refractivity contribution is 6.13. The minimum Gasteiger partial charge on any atom is -0.456 e. The summed E-state index contributed by atoms with van der Waals surface area (Å²) in [5.41, 5.74) is 12.9. The van der Waals surface area contributed by atoms with Gasteiger partial charge < -0.3 is 13.6 Å². The monoisotopic (exact) mass is 644 g/mol. The van der Waals surface area contributed by atoms with Gasteiger partial charge in [0, 0.05) is 43.7 Å². The van der Waals surface area contributed by atoms with E-state index in [0.29, 0.717) is 0 Å². The van der Waals surface area contributed by atoms with E-state index in [1.807, 2.05) is 0 Å². The molecule has 0 fully saturated rings. The van der Waals surface area contributed by atoms with Crippen LogP contribution in [0, 0.1) is 5.41 Å². The Bertz CT molecular complexity index is 2880. The van der Waals surface area contributed by atoms with Crippen LogP contribution in [0.2, 0.25) is 0 Å². The number of para-hydroxylation sites is 3. The first-order valence-corrected chi connectivity index (χ1v) is 17.5. The van der Waals surface area contributed by atoms with E-state index in [0.717, 1.165) is 34.0 Å². The lowest BCUT2D eigenvalue weighted by atomic mass is 9.87. The number of rotatable bonds is 4. The maximum Gasteiger partial charge on any atom is 0.135 e. The van der Waals surface area contributed by atoms with Gasteiger partial charge in [0.2, 0.25) is 0 Å². The van der Waals surface area contributed by atoms with Gasteiger partial charge in [0.1, 0.15) is 11.2 Å². The molecular weight excluding hydrogens is 609 g/mol. The van der Waals surface area contributed by atoms with Crippen LogP contribution in [-0.2, 0) is 6.42 Å². The largest absolute Gasteiger partial charge is 0.456 e. The van der Waals surface area contributed by atoms with Gasteiger partial charge >= 0.3 is 0 Å². The first-order chi connectivity index (χ1) is 24.4. The highest BCUT2D eigenvalue weighted by Gasteiger charge is 2.18. The molecule has 10 rings (SSSR count). The zero-order valence-electron chi connectivity index (χ0n) is 28.4. The topological polar surface area (TPSA) is 23.0 Å². The van der Waals surface area contributed by atoms with Crippen molar-refractivity contribution in [3.8, 4) is 22.5 Å². The number of furan rings is 1. The summed E-state index contributed by atoms with van der Waals surface area (Å²) in [6.45, 7) is 6.93. The van der Waals surface area contributed by atoms with Crippen LogP contribution >= 0.6 is 0 Å². The van der Waals surface area contributed by atoms with E-state index in [1.54, 1.807) is 0 Å². The lowest BCUT2D eigenvalue weighted by Crippen LogP contribution is -2.08. The molecule has 0 unspecified atom stereocenters. The fourth-order valence-corrected chi connectivity index (χ4v) is 8.11. The third-order valence-corrected chi connectivity index (χ3v) is 10.2. The molecular formula is C47H36N2O. The average molecular weight is 645 g/mol. The van der Waals surface area contributed by atoms with Crippen LogP contribution in [0.4, 0.5) is 0 Å². The van der Waals surface area contributed by atoms with Gasteiger partial charge in [0.05, 0.1) is 22.1 Å². The number of hydrogen-bond donors (Lipinski definition) is 0. The molecule has 3 heterocycles.